The molecule has 0 amide bonds. The maximum absolute atomic E-state index is 13.5. The number of halogens is 2. The van der Waals surface area contributed by atoms with Gasteiger partial charge in [0.2, 0.25) is 0 Å². The molecule has 1 aromatic rings. The predicted octanol–water partition coefficient (Wildman–Crippen LogP) is 3.30. The van der Waals surface area contributed by atoms with Crippen LogP contribution >= 0.6 is 11.6 Å². The average Bonchev–Trinajstić information content (AvgIpc) is 2.43. The van der Waals surface area contributed by atoms with Gasteiger partial charge in [0.15, 0.2) is 0 Å². The predicted molar refractivity (Wildman–Crippen MR) is 77.9 cm³/mol. The van der Waals surface area contributed by atoms with Gasteiger partial charge in [-0.1, -0.05) is 37.9 Å². The van der Waals surface area contributed by atoms with E-state index in [-0.39, 0.29) is 10.8 Å². The summed E-state index contributed by atoms with van der Waals surface area (Å²) in [6.45, 7) is 8.34. The first-order valence-corrected chi connectivity index (χ1v) is 7.38. The van der Waals surface area contributed by atoms with E-state index < -0.39 is 0 Å². The van der Waals surface area contributed by atoms with Crippen molar-refractivity contribution in [1.29, 1.82) is 0 Å². The molecule has 0 spiro atoms. The molecule has 19 heavy (non-hydrogen) atoms. The Bertz CT molecular complexity index is 425. The molecule has 106 valence electrons. The van der Waals surface area contributed by atoms with E-state index in [4.69, 9.17) is 11.6 Å². The summed E-state index contributed by atoms with van der Waals surface area (Å²) in [6.07, 6.45) is 1.16. The first kappa shape index (κ1) is 14.8. The van der Waals surface area contributed by atoms with Crippen LogP contribution in [0.2, 0.25) is 5.02 Å². The molecule has 2 rings (SSSR count). The van der Waals surface area contributed by atoms with Crippen molar-refractivity contribution in [3.05, 3.63) is 34.6 Å². The smallest absolute Gasteiger partial charge is 0.142 e. The second-order valence-corrected chi connectivity index (χ2v) is 5.78. The second kappa shape index (κ2) is 6.69. The molecular weight excluding hydrogens is 263 g/mol. The highest BCUT2D eigenvalue weighted by atomic mass is 35.5. The van der Waals surface area contributed by atoms with Crippen LogP contribution < -0.4 is 5.32 Å². The fourth-order valence-electron chi connectivity index (χ4n) is 2.67. The molecule has 1 aromatic carbocycles. The molecule has 0 radical (unpaired) electrons. The van der Waals surface area contributed by atoms with E-state index in [9.17, 15) is 4.39 Å². The van der Waals surface area contributed by atoms with Crippen LogP contribution in [0.3, 0.4) is 0 Å². The van der Waals surface area contributed by atoms with E-state index in [1.165, 1.54) is 0 Å². The van der Waals surface area contributed by atoms with Gasteiger partial charge in [-0.15, -0.1) is 0 Å². The van der Waals surface area contributed by atoms with Crippen LogP contribution in [-0.4, -0.2) is 30.6 Å². The summed E-state index contributed by atoms with van der Waals surface area (Å²) in [5.41, 5.74) is 0.997. The molecule has 2 nitrogen and oxygen atoms in total. The highest BCUT2D eigenvalue weighted by Gasteiger charge is 2.26. The molecule has 1 fully saturated rings. The van der Waals surface area contributed by atoms with Gasteiger partial charge in [0.05, 0.1) is 5.02 Å². The summed E-state index contributed by atoms with van der Waals surface area (Å²) in [7, 11) is 0. The summed E-state index contributed by atoms with van der Waals surface area (Å²) >= 11 is 5.73. The van der Waals surface area contributed by atoms with Crippen LogP contribution in [-0.2, 0) is 6.54 Å². The second-order valence-electron chi connectivity index (χ2n) is 5.38. The van der Waals surface area contributed by atoms with E-state index in [0.717, 1.165) is 38.2 Å². The standard InChI is InChI=1S/C15H22ClFN2/c1-3-11(2)15-9-18-6-7-19(15)10-12-4-5-13(16)14(17)8-12/h4-5,8,11,15,18H,3,6-7,9-10H2,1-2H3. The Hall–Kier alpha value is -0.640. The van der Waals surface area contributed by atoms with Gasteiger partial charge in [-0.2, -0.15) is 0 Å². The molecule has 1 N–H and O–H groups in total. The lowest BCUT2D eigenvalue weighted by Crippen LogP contribution is -2.53. The van der Waals surface area contributed by atoms with Gasteiger partial charge >= 0.3 is 0 Å². The number of hydrogen-bond acceptors (Lipinski definition) is 2. The number of nitrogens with one attached hydrogen (secondary N) is 1. The molecule has 0 saturated carbocycles. The van der Waals surface area contributed by atoms with Crippen molar-refractivity contribution in [2.45, 2.75) is 32.9 Å². The zero-order chi connectivity index (χ0) is 13.8. The molecule has 1 saturated heterocycles. The van der Waals surface area contributed by atoms with Crippen molar-refractivity contribution in [1.82, 2.24) is 10.2 Å². The first-order chi connectivity index (χ1) is 9.11. The highest BCUT2D eigenvalue weighted by Crippen LogP contribution is 2.21. The molecule has 0 aliphatic carbocycles. The van der Waals surface area contributed by atoms with Gasteiger partial charge in [-0.25, -0.2) is 4.39 Å². The lowest BCUT2D eigenvalue weighted by molar-refractivity contribution is 0.109. The molecular formula is C15H22ClFN2. The van der Waals surface area contributed by atoms with Gasteiger partial charge in [0.25, 0.3) is 0 Å². The van der Waals surface area contributed by atoms with E-state index in [0.29, 0.717) is 12.0 Å². The largest absolute Gasteiger partial charge is 0.314 e. The van der Waals surface area contributed by atoms with Crippen molar-refractivity contribution in [3.8, 4) is 0 Å². The lowest BCUT2D eigenvalue weighted by Gasteiger charge is -2.39. The summed E-state index contributed by atoms with van der Waals surface area (Å²) in [4.78, 5) is 2.45. The molecule has 1 aliphatic heterocycles. The maximum Gasteiger partial charge on any atom is 0.142 e. The zero-order valence-electron chi connectivity index (χ0n) is 11.6. The Morgan fingerprint density at radius 2 is 2.32 bits per heavy atom. The van der Waals surface area contributed by atoms with E-state index in [2.05, 4.69) is 24.1 Å². The average molecular weight is 285 g/mol. The topological polar surface area (TPSA) is 15.3 Å². The maximum atomic E-state index is 13.5. The van der Waals surface area contributed by atoms with Gasteiger partial charge in [0.1, 0.15) is 5.82 Å². The van der Waals surface area contributed by atoms with Crippen molar-refractivity contribution in [2.24, 2.45) is 5.92 Å². The Morgan fingerprint density at radius 3 is 3.00 bits per heavy atom. The monoisotopic (exact) mass is 284 g/mol. The van der Waals surface area contributed by atoms with Crippen LogP contribution in [0.15, 0.2) is 18.2 Å². The third kappa shape index (κ3) is 3.68. The molecule has 0 aromatic heterocycles. The number of hydrogen-bond donors (Lipinski definition) is 1. The Kier molecular flexibility index (Phi) is 5.20. The third-order valence-corrected chi connectivity index (χ3v) is 4.38. The summed E-state index contributed by atoms with van der Waals surface area (Å²) in [5, 5.41) is 3.65. The summed E-state index contributed by atoms with van der Waals surface area (Å²) in [6, 6.07) is 5.64. The minimum atomic E-state index is -0.325. The quantitative estimate of drug-likeness (QED) is 0.913. The minimum absolute atomic E-state index is 0.197. The Balaban J connectivity index is 2.08. The van der Waals surface area contributed by atoms with Gasteiger partial charge in [-0.05, 0) is 23.6 Å². The van der Waals surface area contributed by atoms with Crippen LogP contribution in [0, 0.1) is 11.7 Å². The van der Waals surface area contributed by atoms with Crippen LogP contribution in [0.25, 0.3) is 0 Å². The van der Waals surface area contributed by atoms with E-state index >= 15 is 0 Å². The lowest BCUT2D eigenvalue weighted by atomic mass is 9.95. The molecule has 0 bridgehead atoms. The van der Waals surface area contributed by atoms with Crippen molar-refractivity contribution in [3.63, 3.8) is 0 Å². The van der Waals surface area contributed by atoms with Crippen molar-refractivity contribution < 1.29 is 4.39 Å². The summed E-state index contributed by atoms with van der Waals surface area (Å²) < 4.78 is 13.5. The number of benzene rings is 1. The van der Waals surface area contributed by atoms with Gasteiger partial charge in [-0.3, -0.25) is 4.90 Å². The molecule has 1 aliphatic rings. The fraction of sp³-hybridized carbons (Fsp3) is 0.600. The number of nitrogens with zero attached hydrogens (tertiary/aromatic N) is 1. The minimum Gasteiger partial charge on any atom is -0.314 e. The third-order valence-electron chi connectivity index (χ3n) is 4.07. The van der Waals surface area contributed by atoms with Crippen LogP contribution in [0.5, 0.6) is 0 Å². The molecule has 2 unspecified atom stereocenters. The van der Waals surface area contributed by atoms with Crippen molar-refractivity contribution in [2.75, 3.05) is 19.6 Å². The zero-order valence-corrected chi connectivity index (χ0v) is 12.4. The van der Waals surface area contributed by atoms with E-state index in [1.807, 2.05) is 6.07 Å². The Labute approximate surface area is 119 Å². The fourth-order valence-corrected chi connectivity index (χ4v) is 2.79. The van der Waals surface area contributed by atoms with Gasteiger partial charge in [0, 0.05) is 32.2 Å². The number of piperazine rings is 1. The Morgan fingerprint density at radius 1 is 1.53 bits per heavy atom. The van der Waals surface area contributed by atoms with Crippen LogP contribution in [0.4, 0.5) is 4.39 Å². The number of rotatable bonds is 4. The normalized spacial score (nSPS) is 22.4. The SMILES string of the molecule is CCC(C)C1CNCCN1Cc1ccc(Cl)c(F)c1. The first-order valence-electron chi connectivity index (χ1n) is 7.00. The molecule has 1 heterocycles. The molecule has 4 heteroatoms. The van der Waals surface area contributed by atoms with E-state index in [1.54, 1.807) is 12.1 Å². The van der Waals surface area contributed by atoms with Crippen LogP contribution in [0.1, 0.15) is 25.8 Å². The highest BCUT2D eigenvalue weighted by molar-refractivity contribution is 6.30. The molecule has 2 atom stereocenters. The summed E-state index contributed by atoms with van der Waals surface area (Å²) in [5.74, 6) is 0.319. The van der Waals surface area contributed by atoms with Gasteiger partial charge < -0.3 is 5.32 Å². The van der Waals surface area contributed by atoms with Crippen molar-refractivity contribution >= 4 is 11.6 Å².